The molecule has 0 unspecified atom stereocenters. The highest BCUT2D eigenvalue weighted by Gasteiger charge is 2.33. The third-order valence-corrected chi connectivity index (χ3v) is 5.61. The van der Waals surface area contributed by atoms with Crippen molar-refractivity contribution in [1.29, 1.82) is 0 Å². The van der Waals surface area contributed by atoms with Gasteiger partial charge in [-0.15, -0.1) is 0 Å². The van der Waals surface area contributed by atoms with Crippen molar-refractivity contribution in [1.82, 2.24) is 9.97 Å². The van der Waals surface area contributed by atoms with Gasteiger partial charge < -0.3 is 30.6 Å². The Morgan fingerprint density at radius 3 is 2.44 bits per heavy atom. The molecule has 0 aliphatic heterocycles. The number of carbonyl (C=O) groups is 1. The van der Waals surface area contributed by atoms with Crippen LogP contribution in [-0.4, -0.2) is 35.8 Å². The van der Waals surface area contributed by atoms with E-state index in [0.717, 1.165) is 12.1 Å². The summed E-state index contributed by atoms with van der Waals surface area (Å²) in [5.41, 5.74) is 6.33. The quantitative estimate of drug-likeness (QED) is 0.153. The highest BCUT2D eigenvalue weighted by Crippen LogP contribution is 2.36. The van der Waals surface area contributed by atoms with Crippen LogP contribution in [0.3, 0.4) is 0 Å². The molecule has 0 bridgehead atoms. The van der Waals surface area contributed by atoms with Gasteiger partial charge in [-0.2, -0.15) is 13.2 Å². The second-order valence-corrected chi connectivity index (χ2v) is 8.44. The number of hydrogen-bond donors (Lipinski definition) is 3. The Morgan fingerprint density at radius 1 is 1.00 bits per heavy atom. The van der Waals surface area contributed by atoms with E-state index in [1.807, 2.05) is 6.92 Å². The van der Waals surface area contributed by atoms with E-state index in [9.17, 15) is 18.0 Å². The van der Waals surface area contributed by atoms with Gasteiger partial charge in [-0.1, -0.05) is 11.6 Å². The SMILES string of the molecule is CCOCCOc1cc2ncnc(Oc3ccc(NC(=O)Nc4ccc(Cl)c(C(F)(F)F)c4)cc3)c2cc1N. The molecule has 4 aromatic rings. The van der Waals surface area contributed by atoms with Crippen molar-refractivity contribution in [3.63, 3.8) is 0 Å². The second kappa shape index (κ2) is 12.0. The normalized spacial score (nSPS) is 11.3. The van der Waals surface area contributed by atoms with Gasteiger partial charge in [-0.3, -0.25) is 0 Å². The van der Waals surface area contributed by atoms with Crippen molar-refractivity contribution >= 4 is 45.6 Å². The molecule has 1 aromatic heterocycles. The Kier molecular flexibility index (Phi) is 8.57. The molecule has 0 saturated carbocycles. The number of amides is 2. The summed E-state index contributed by atoms with van der Waals surface area (Å²) in [5, 5.41) is 4.99. The van der Waals surface area contributed by atoms with E-state index in [4.69, 9.17) is 31.5 Å². The molecule has 0 aliphatic carbocycles. The molecule has 0 atom stereocenters. The number of nitrogens with one attached hydrogen (secondary N) is 2. The van der Waals surface area contributed by atoms with Gasteiger partial charge in [0.05, 0.1) is 33.8 Å². The minimum absolute atomic E-state index is 0.0676. The zero-order valence-corrected chi connectivity index (χ0v) is 21.3. The zero-order valence-electron chi connectivity index (χ0n) is 20.5. The van der Waals surface area contributed by atoms with E-state index < -0.39 is 22.8 Å². The molecular formula is C26H23ClF3N5O4. The first-order chi connectivity index (χ1) is 18.6. The number of benzene rings is 3. The summed E-state index contributed by atoms with van der Waals surface area (Å²) < 4.78 is 56.0. The van der Waals surface area contributed by atoms with Crippen LogP contribution in [0, 0.1) is 0 Å². The maximum absolute atomic E-state index is 13.1. The number of anilines is 3. The molecule has 13 heteroatoms. The van der Waals surface area contributed by atoms with Crippen LogP contribution in [0.4, 0.5) is 35.0 Å². The van der Waals surface area contributed by atoms with Crippen LogP contribution >= 0.6 is 11.6 Å². The molecule has 0 aliphatic rings. The molecule has 4 N–H and O–H groups in total. The van der Waals surface area contributed by atoms with Crippen molar-refractivity contribution in [2.45, 2.75) is 13.1 Å². The van der Waals surface area contributed by atoms with Gasteiger partial charge in [0.25, 0.3) is 0 Å². The Morgan fingerprint density at radius 2 is 1.72 bits per heavy atom. The fourth-order valence-corrected chi connectivity index (χ4v) is 3.69. The number of nitrogens with two attached hydrogens (primary N) is 1. The lowest BCUT2D eigenvalue weighted by Crippen LogP contribution is -2.19. The number of rotatable bonds is 9. The fourth-order valence-electron chi connectivity index (χ4n) is 3.47. The number of aromatic nitrogens is 2. The Hall–Kier alpha value is -4.29. The third-order valence-electron chi connectivity index (χ3n) is 5.28. The van der Waals surface area contributed by atoms with Crippen LogP contribution in [0.25, 0.3) is 10.9 Å². The molecule has 0 radical (unpaired) electrons. The molecule has 204 valence electrons. The lowest BCUT2D eigenvalue weighted by Gasteiger charge is -2.13. The number of ether oxygens (including phenoxy) is 3. The summed E-state index contributed by atoms with van der Waals surface area (Å²) in [6, 6.07) is 12.0. The molecule has 0 fully saturated rings. The van der Waals surface area contributed by atoms with Gasteiger partial charge in [0.1, 0.15) is 24.4 Å². The predicted molar refractivity (Wildman–Crippen MR) is 142 cm³/mol. The van der Waals surface area contributed by atoms with Gasteiger partial charge in [0.15, 0.2) is 0 Å². The summed E-state index contributed by atoms with van der Waals surface area (Å²) >= 11 is 5.61. The fraction of sp³-hybridized carbons (Fsp3) is 0.192. The van der Waals surface area contributed by atoms with E-state index in [-0.39, 0.29) is 11.6 Å². The van der Waals surface area contributed by atoms with Gasteiger partial charge in [-0.05, 0) is 55.5 Å². The average molecular weight is 562 g/mol. The highest BCUT2D eigenvalue weighted by molar-refractivity contribution is 6.31. The minimum Gasteiger partial charge on any atom is -0.489 e. The summed E-state index contributed by atoms with van der Waals surface area (Å²) in [7, 11) is 0. The van der Waals surface area contributed by atoms with Gasteiger partial charge in [-0.25, -0.2) is 14.8 Å². The smallest absolute Gasteiger partial charge is 0.417 e. The topological polar surface area (TPSA) is 121 Å². The van der Waals surface area contributed by atoms with Crippen molar-refractivity contribution in [2.75, 3.05) is 36.2 Å². The maximum atomic E-state index is 13.1. The number of nitrogen functional groups attached to an aromatic ring is 1. The van der Waals surface area contributed by atoms with Crippen LogP contribution in [0.15, 0.2) is 60.9 Å². The van der Waals surface area contributed by atoms with Crippen LogP contribution in [0.5, 0.6) is 17.4 Å². The third kappa shape index (κ3) is 7.18. The Bertz CT molecular complexity index is 1470. The van der Waals surface area contributed by atoms with Crippen LogP contribution in [0.1, 0.15) is 12.5 Å². The lowest BCUT2D eigenvalue weighted by atomic mass is 10.2. The van der Waals surface area contributed by atoms with Gasteiger partial charge in [0.2, 0.25) is 5.88 Å². The molecular weight excluding hydrogens is 539 g/mol. The van der Waals surface area contributed by atoms with E-state index in [1.165, 1.54) is 12.4 Å². The molecule has 3 aromatic carbocycles. The first-order valence-electron chi connectivity index (χ1n) is 11.6. The average Bonchev–Trinajstić information content (AvgIpc) is 2.89. The summed E-state index contributed by atoms with van der Waals surface area (Å²) in [6.45, 7) is 3.25. The lowest BCUT2D eigenvalue weighted by molar-refractivity contribution is -0.137. The van der Waals surface area contributed by atoms with E-state index in [0.29, 0.717) is 53.6 Å². The van der Waals surface area contributed by atoms with Crippen LogP contribution < -0.4 is 25.8 Å². The molecule has 0 spiro atoms. The van der Waals surface area contributed by atoms with Gasteiger partial charge >= 0.3 is 12.2 Å². The van der Waals surface area contributed by atoms with E-state index in [2.05, 4.69) is 20.6 Å². The number of nitrogens with zero attached hydrogens (tertiary/aromatic N) is 2. The number of alkyl halides is 3. The number of fused-ring (bicyclic) bond motifs is 1. The molecule has 4 rings (SSSR count). The molecule has 0 saturated heterocycles. The first kappa shape index (κ1) is 27.7. The number of halogens is 4. The van der Waals surface area contributed by atoms with E-state index in [1.54, 1.807) is 36.4 Å². The summed E-state index contributed by atoms with van der Waals surface area (Å²) in [6.07, 6.45) is -3.30. The second-order valence-electron chi connectivity index (χ2n) is 8.03. The molecule has 1 heterocycles. The number of carbonyl (C=O) groups excluding carboxylic acids is 1. The van der Waals surface area contributed by atoms with Gasteiger partial charge in [0, 0.05) is 24.0 Å². The first-order valence-corrected chi connectivity index (χ1v) is 12.0. The Balaban J connectivity index is 1.41. The largest absolute Gasteiger partial charge is 0.489 e. The van der Waals surface area contributed by atoms with Crippen molar-refractivity contribution in [3.05, 3.63) is 71.5 Å². The summed E-state index contributed by atoms with van der Waals surface area (Å²) in [5.74, 6) is 1.13. The predicted octanol–water partition coefficient (Wildman–Crippen LogP) is 6.74. The monoisotopic (exact) mass is 561 g/mol. The number of urea groups is 1. The molecule has 2 amide bonds. The van der Waals surface area contributed by atoms with E-state index >= 15 is 0 Å². The highest BCUT2D eigenvalue weighted by atomic mass is 35.5. The minimum atomic E-state index is -4.65. The number of hydrogen-bond acceptors (Lipinski definition) is 7. The Labute approximate surface area is 226 Å². The molecule has 39 heavy (non-hydrogen) atoms. The maximum Gasteiger partial charge on any atom is 0.417 e. The van der Waals surface area contributed by atoms with Crippen LogP contribution in [0.2, 0.25) is 5.02 Å². The van der Waals surface area contributed by atoms with Crippen LogP contribution in [-0.2, 0) is 10.9 Å². The zero-order chi connectivity index (χ0) is 28.0. The van der Waals surface area contributed by atoms with Crippen molar-refractivity contribution in [2.24, 2.45) is 0 Å². The molecule has 9 nitrogen and oxygen atoms in total. The summed E-state index contributed by atoms with van der Waals surface area (Å²) in [4.78, 5) is 20.7. The van der Waals surface area contributed by atoms with Crippen molar-refractivity contribution < 1.29 is 32.2 Å². The van der Waals surface area contributed by atoms with Crippen molar-refractivity contribution in [3.8, 4) is 17.4 Å². The standard InChI is InChI=1S/C26H23ClF3N5O4/c1-2-37-9-10-38-23-13-22-18(12-21(23)31)24(33-14-32-22)39-17-6-3-15(4-7-17)34-25(36)35-16-5-8-20(27)19(11-16)26(28,29)30/h3-8,11-14H,2,9-10,31H2,1H3,(H2,34,35,36).